The van der Waals surface area contributed by atoms with Crippen LogP contribution in [-0.4, -0.2) is 28.8 Å². The minimum atomic E-state index is -0.896. The van der Waals surface area contributed by atoms with E-state index in [0.717, 1.165) is 4.90 Å². The molecule has 20 heavy (non-hydrogen) atoms. The van der Waals surface area contributed by atoms with E-state index < -0.39 is 11.5 Å². The van der Waals surface area contributed by atoms with Gasteiger partial charge in [-0.3, -0.25) is 9.59 Å². The van der Waals surface area contributed by atoms with Gasteiger partial charge < -0.3 is 10.4 Å². The van der Waals surface area contributed by atoms with Crippen molar-refractivity contribution in [3.63, 3.8) is 0 Å². The van der Waals surface area contributed by atoms with E-state index in [1.54, 1.807) is 6.07 Å². The molecule has 0 aromatic heterocycles. The molecule has 0 atom stereocenters. The van der Waals surface area contributed by atoms with Crippen LogP contribution in [0.25, 0.3) is 0 Å². The Bertz CT molecular complexity index is 484. The number of hydrogen-bond donors (Lipinski definition) is 2. The van der Waals surface area contributed by atoms with E-state index in [0.29, 0.717) is 18.4 Å². The van der Waals surface area contributed by atoms with E-state index in [4.69, 9.17) is 5.11 Å². The van der Waals surface area contributed by atoms with Gasteiger partial charge in [0.15, 0.2) is 0 Å². The molecule has 0 aliphatic carbocycles. The smallest absolute Gasteiger partial charge is 0.305 e. The first-order valence-corrected chi connectivity index (χ1v) is 7.87. The molecule has 1 aromatic carbocycles. The Morgan fingerprint density at radius 1 is 1.25 bits per heavy atom. The van der Waals surface area contributed by atoms with Crippen LogP contribution in [0.1, 0.15) is 43.5 Å². The topological polar surface area (TPSA) is 66.4 Å². The summed E-state index contributed by atoms with van der Waals surface area (Å²) in [5.41, 5.74) is -0.0919. The average Bonchev–Trinajstić information content (AvgIpc) is 2.45. The molecule has 4 nitrogen and oxygen atoms in total. The van der Waals surface area contributed by atoms with E-state index in [9.17, 15) is 9.59 Å². The molecule has 5 heteroatoms. The fraction of sp³-hybridized carbons (Fsp3) is 0.467. The molecule has 1 rings (SSSR count). The molecule has 1 aromatic rings. The number of rotatable bonds is 7. The van der Waals surface area contributed by atoms with Gasteiger partial charge in [-0.1, -0.05) is 26.0 Å². The minimum absolute atomic E-state index is 0.0623. The fourth-order valence-electron chi connectivity index (χ4n) is 2.15. The first kappa shape index (κ1) is 16.6. The summed E-state index contributed by atoms with van der Waals surface area (Å²) in [6.45, 7) is 3.79. The summed E-state index contributed by atoms with van der Waals surface area (Å²) in [7, 11) is 0. The van der Waals surface area contributed by atoms with E-state index in [1.807, 2.05) is 38.3 Å². The predicted octanol–water partition coefficient (Wildman–Crippen LogP) is 3.17. The molecular formula is C15H21NO3S. The molecule has 0 saturated heterocycles. The van der Waals surface area contributed by atoms with Gasteiger partial charge in [-0.15, -0.1) is 11.8 Å². The van der Waals surface area contributed by atoms with Crippen LogP contribution in [0.4, 0.5) is 0 Å². The van der Waals surface area contributed by atoms with Crippen molar-refractivity contribution in [3.8, 4) is 0 Å². The summed E-state index contributed by atoms with van der Waals surface area (Å²) in [4.78, 5) is 24.3. The number of carbonyl (C=O) groups is 2. The zero-order valence-corrected chi connectivity index (χ0v) is 12.9. The molecule has 0 heterocycles. The van der Waals surface area contributed by atoms with Gasteiger partial charge in [-0.25, -0.2) is 0 Å². The molecule has 0 spiro atoms. The second-order valence-corrected chi connectivity index (χ2v) is 5.56. The number of carboxylic acid groups (broad SMARTS) is 1. The molecule has 110 valence electrons. The molecule has 0 aliphatic heterocycles. The Kier molecular flexibility index (Phi) is 6.07. The third kappa shape index (κ3) is 4.00. The van der Waals surface area contributed by atoms with Crippen LogP contribution < -0.4 is 5.32 Å². The van der Waals surface area contributed by atoms with Gasteiger partial charge >= 0.3 is 5.97 Å². The summed E-state index contributed by atoms with van der Waals surface area (Å²) in [6, 6.07) is 7.34. The Morgan fingerprint density at radius 2 is 1.85 bits per heavy atom. The van der Waals surface area contributed by atoms with Crippen LogP contribution in [0.5, 0.6) is 0 Å². The summed E-state index contributed by atoms with van der Waals surface area (Å²) in [5.74, 6) is -1.10. The van der Waals surface area contributed by atoms with Crippen molar-refractivity contribution in [1.82, 2.24) is 5.32 Å². The molecule has 0 fully saturated rings. The molecule has 0 saturated carbocycles. The van der Waals surface area contributed by atoms with Crippen molar-refractivity contribution in [2.24, 2.45) is 0 Å². The standard InChI is InChI=1S/C15H21NO3S/c1-4-15(5-2,10-13(17)18)16-14(19)11-8-6-7-9-12(11)20-3/h6-9H,4-5,10H2,1-3H3,(H,16,19)(H,17,18). The number of hydrogen-bond acceptors (Lipinski definition) is 3. The predicted molar refractivity (Wildman–Crippen MR) is 81.3 cm³/mol. The number of carbonyl (C=O) groups excluding carboxylic acids is 1. The van der Waals surface area contributed by atoms with Crippen LogP contribution in [0.3, 0.4) is 0 Å². The molecule has 2 N–H and O–H groups in total. The maximum Gasteiger partial charge on any atom is 0.305 e. The van der Waals surface area contributed by atoms with Crippen LogP contribution in [-0.2, 0) is 4.79 Å². The highest BCUT2D eigenvalue weighted by Crippen LogP contribution is 2.24. The highest BCUT2D eigenvalue weighted by atomic mass is 32.2. The van der Waals surface area contributed by atoms with Crippen molar-refractivity contribution < 1.29 is 14.7 Å². The third-order valence-corrected chi connectivity index (χ3v) is 4.37. The van der Waals surface area contributed by atoms with Gasteiger partial charge in [0.1, 0.15) is 0 Å². The lowest BCUT2D eigenvalue weighted by atomic mass is 9.88. The van der Waals surface area contributed by atoms with E-state index >= 15 is 0 Å². The average molecular weight is 295 g/mol. The van der Waals surface area contributed by atoms with Crippen molar-refractivity contribution in [3.05, 3.63) is 29.8 Å². The van der Waals surface area contributed by atoms with Gasteiger partial charge in [0.05, 0.1) is 17.5 Å². The van der Waals surface area contributed by atoms with Crippen molar-refractivity contribution in [2.75, 3.05) is 6.26 Å². The molecule has 0 aliphatic rings. The third-order valence-electron chi connectivity index (χ3n) is 3.57. The number of amides is 1. The van der Waals surface area contributed by atoms with Crippen LogP contribution in [0, 0.1) is 0 Å². The zero-order chi connectivity index (χ0) is 15.2. The van der Waals surface area contributed by atoms with Crippen LogP contribution in [0.2, 0.25) is 0 Å². The Balaban J connectivity index is 2.99. The fourth-order valence-corrected chi connectivity index (χ4v) is 2.75. The molecule has 0 radical (unpaired) electrons. The van der Waals surface area contributed by atoms with Crippen molar-refractivity contribution >= 4 is 23.6 Å². The van der Waals surface area contributed by atoms with Gasteiger partial charge in [0, 0.05) is 4.90 Å². The molecule has 0 unspecified atom stereocenters. The number of aliphatic carboxylic acids is 1. The highest BCUT2D eigenvalue weighted by molar-refractivity contribution is 7.98. The van der Waals surface area contributed by atoms with Gasteiger partial charge in [-0.2, -0.15) is 0 Å². The second-order valence-electron chi connectivity index (χ2n) is 4.71. The number of nitrogens with one attached hydrogen (secondary N) is 1. The van der Waals surface area contributed by atoms with E-state index in [-0.39, 0.29) is 12.3 Å². The maximum atomic E-state index is 12.4. The van der Waals surface area contributed by atoms with E-state index in [1.165, 1.54) is 11.8 Å². The van der Waals surface area contributed by atoms with Gasteiger partial charge in [0.2, 0.25) is 0 Å². The molecule has 0 bridgehead atoms. The zero-order valence-electron chi connectivity index (χ0n) is 12.1. The molecule has 1 amide bonds. The summed E-state index contributed by atoms with van der Waals surface area (Å²) < 4.78 is 0. The quantitative estimate of drug-likeness (QED) is 0.758. The summed E-state index contributed by atoms with van der Waals surface area (Å²) in [5, 5.41) is 12.0. The van der Waals surface area contributed by atoms with Gasteiger partial charge in [-0.05, 0) is 31.2 Å². The van der Waals surface area contributed by atoms with Crippen LogP contribution >= 0.6 is 11.8 Å². The lowest BCUT2D eigenvalue weighted by molar-refractivity contribution is -0.138. The maximum absolute atomic E-state index is 12.4. The highest BCUT2D eigenvalue weighted by Gasteiger charge is 2.31. The number of benzene rings is 1. The Hall–Kier alpha value is -1.49. The second kappa shape index (κ2) is 7.33. The molecular weight excluding hydrogens is 274 g/mol. The monoisotopic (exact) mass is 295 g/mol. The summed E-state index contributed by atoms with van der Waals surface area (Å²) >= 11 is 1.50. The lowest BCUT2D eigenvalue weighted by Gasteiger charge is -2.31. The normalized spacial score (nSPS) is 11.2. The largest absolute Gasteiger partial charge is 0.481 e. The lowest BCUT2D eigenvalue weighted by Crippen LogP contribution is -2.49. The van der Waals surface area contributed by atoms with Gasteiger partial charge in [0.25, 0.3) is 5.91 Å². The SMILES string of the molecule is CCC(CC)(CC(=O)O)NC(=O)c1ccccc1SC. The van der Waals surface area contributed by atoms with Crippen LogP contribution in [0.15, 0.2) is 29.2 Å². The number of thioether (sulfide) groups is 1. The Morgan fingerprint density at radius 3 is 2.35 bits per heavy atom. The number of carboxylic acids is 1. The minimum Gasteiger partial charge on any atom is -0.481 e. The summed E-state index contributed by atoms with van der Waals surface area (Å²) in [6.07, 6.45) is 3.02. The first-order chi connectivity index (χ1) is 9.48. The first-order valence-electron chi connectivity index (χ1n) is 6.65. The van der Waals surface area contributed by atoms with E-state index in [2.05, 4.69) is 5.32 Å². The van der Waals surface area contributed by atoms with Crippen molar-refractivity contribution in [1.29, 1.82) is 0 Å². The van der Waals surface area contributed by atoms with Crippen molar-refractivity contribution in [2.45, 2.75) is 43.5 Å². The Labute approximate surface area is 124 Å².